The predicted octanol–water partition coefficient (Wildman–Crippen LogP) is 3.09. The summed E-state index contributed by atoms with van der Waals surface area (Å²) in [4.78, 5) is 5.29. The highest BCUT2D eigenvalue weighted by molar-refractivity contribution is 9.10. The Bertz CT molecular complexity index is 457. The molecule has 4 heteroatoms. The van der Waals surface area contributed by atoms with Gasteiger partial charge in [-0.05, 0) is 50.0 Å². The van der Waals surface area contributed by atoms with Gasteiger partial charge in [-0.15, -0.1) is 0 Å². The molecule has 2 heterocycles. The van der Waals surface area contributed by atoms with Gasteiger partial charge in [0.1, 0.15) is 0 Å². The Morgan fingerprint density at radius 3 is 2.70 bits per heavy atom. The minimum atomic E-state index is 0.780. The van der Waals surface area contributed by atoms with Gasteiger partial charge in [0.15, 0.2) is 0 Å². The second-order valence-corrected chi connectivity index (χ2v) is 6.98. The third kappa shape index (κ3) is 3.35. The van der Waals surface area contributed by atoms with Gasteiger partial charge in [-0.1, -0.05) is 28.4 Å². The van der Waals surface area contributed by atoms with E-state index in [-0.39, 0.29) is 0 Å². The van der Waals surface area contributed by atoms with E-state index in [1.807, 2.05) is 12.1 Å². The van der Waals surface area contributed by atoms with Gasteiger partial charge in [-0.25, -0.2) is 0 Å². The summed E-state index contributed by atoms with van der Waals surface area (Å²) in [5, 5.41) is 0. The van der Waals surface area contributed by atoms with Crippen LogP contribution < -0.4 is 5.73 Å². The lowest BCUT2D eigenvalue weighted by molar-refractivity contribution is 0.161. The number of hydrogen-bond donors (Lipinski definition) is 1. The Kier molecular flexibility index (Phi) is 4.64. The standard InChI is InChI=1S/C16H24BrN3/c17-16-10-14(18)5-4-13(16)11-19-9-6-15(12-19)20-7-2-1-3-8-20/h4-5,10,15H,1-3,6-9,11-12,18H2. The van der Waals surface area contributed by atoms with Gasteiger partial charge in [-0.3, -0.25) is 9.80 Å². The largest absolute Gasteiger partial charge is 0.399 e. The van der Waals surface area contributed by atoms with Gasteiger partial charge in [-0.2, -0.15) is 0 Å². The quantitative estimate of drug-likeness (QED) is 0.860. The fourth-order valence-corrected chi connectivity index (χ4v) is 3.99. The lowest BCUT2D eigenvalue weighted by atomic mass is 10.1. The molecular formula is C16H24BrN3. The molecule has 110 valence electrons. The normalized spacial score (nSPS) is 25.1. The molecule has 0 spiro atoms. The van der Waals surface area contributed by atoms with Gasteiger partial charge in [0.2, 0.25) is 0 Å². The molecule has 3 rings (SSSR count). The average Bonchev–Trinajstić information content (AvgIpc) is 2.92. The minimum Gasteiger partial charge on any atom is -0.399 e. The van der Waals surface area contributed by atoms with Crippen LogP contribution in [0, 0.1) is 0 Å². The van der Waals surface area contributed by atoms with E-state index in [0.29, 0.717) is 0 Å². The number of benzene rings is 1. The number of hydrogen-bond acceptors (Lipinski definition) is 3. The maximum atomic E-state index is 5.80. The summed E-state index contributed by atoms with van der Waals surface area (Å²) in [6.07, 6.45) is 5.53. The number of piperidine rings is 1. The van der Waals surface area contributed by atoms with Crippen molar-refractivity contribution in [3.63, 3.8) is 0 Å². The fourth-order valence-electron chi connectivity index (χ4n) is 3.47. The molecule has 20 heavy (non-hydrogen) atoms. The zero-order chi connectivity index (χ0) is 13.9. The Hall–Kier alpha value is -0.580. The number of likely N-dealkylation sites (tertiary alicyclic amines) is 2. The summed E-state index contributed by atoms with van der Waals surface area (Å²) >= 11 is 3.63. The van der Waals surface area contributed by atoms with Crippen molar-refractivity contribution in [2.45, 2.75) is 38.3 Å². The average molecular weight is 338 g/mol. The molecule has 0 aliphatic carbocycles. The lowest BCUT2D eigenvalue weighted by Gasteiger charge is -2.32. The SMILES string of the molecule is Nc1ccc(CN2CCC(N3CCCCC3)C2)c(Br)c1. The van der Waals surface area contributed by atoms with Crippen LogP contribution in [-0.2, 0) is 6.54 Å². The van der Waals surface area contributed by atoms with E-state index in [1.54, 1.807) is 0 Å². The Labute approximate surface area is 130 Å². The van der Waals surface area contributed by atoms with E-state index >= 15 is 0 Å². The van der Waals surface area contributed by atoms with Gasteiger partial charge in [0.05, 0.1) is 0 Å². The van der Waals surface area contributed by atoms with Gasteiger partial charge in [0.25, 0.3) is 0 Å². The molecule has 0 aromatic heterocycles. The molecular weight excluding hydrogens is 314 g/mol. The van der Waals surface area contributed by atoms with E-state index < -0.39 is 0 Å². The first-order chi connectivity index (χ1) is 9.72. The van der Waals surface area contributed by atoms with Crippen molar-refractivity contribution in [1.82, 2.24) is 9.80 Å². The first-order valence-electron chi connectivity index (χ1n) is 7.73. The van der Waals surface area contributed by atoms with E-state index in [9.17, 15) is 0 Å². The van der Waals surface area contributed by atoms with E-state index in [1.165, 1.54) is 57.4 Å². The lowest BCUT2D eigenvalue weighted by Crippen LogP contribution is -2.40. The summed E-state index contributed by atoms with van der Waals surface area (Å²) in [5.74, 6) is 0. The van der Waals surface area contributed by atoms with E-state index in [0.717, 1.165) is 22.7 Å². The Balaban J connectivity index is 1.57. The van der Waals surface area contributed by atoms with Crippen LogP contribution in [0.1, 0.15) is 31.2 Å². The van der Waals surface area contributed by atoms with Gasteiger partial charge >= 0.3 is 0 Å². The third-order valence-electron chi connectivity index (χ3n) is 4.63. The van der Waals surface area contributed by atoms with Crippen LogP contribution in [0.2, 0.25) is 0 Å². The smallest absolute Gasteiger partial charge is 0.0325 e. The Morgan fingerprint density at radius 2 is 1.95 bits per heavy atom. The van der Waals surface area contributed by atoms with Crippen molar-refractivity contribution in [1.29, 1.82) is 0 Å². The maximum absolute atomic E-state index is 5.80. The monoisotopic (exact) mass is 337 g/mol. The molecule has 0 amide bonds. The van der Waals surface area contributed by atoms with Crippen molar-refractivity contribution in [2.24, 2.45) is 0 Å². The topological polar surface area (TPSA) is 32.5 Å². The zero-order valence-electron chi connectivity index (χ0n) is 12.0. The summed E-state index contributed by atoms with van der Waals surface area (Å²) in [5.41, 5.74) is 7.98. The van der Waals surface area contributed by atoms with Crippen LogP contribution >= 0.6 is 15.9 Å². The molecule has 1 atom stereocenters. The maximum Gasteiger partial charge on any atom is 0.0325 e. The van der Waals surface area contributed by atoms with Crippen LogP contribution in [0.15, 0.2) is 22.7 Å². The number of anilines is 1. The number of nitrogens with two attached hydrogens (primary N) is 1. The van der Waals surface area contributed by atoms with Crippen molar-refractivity contribution < 1.29 is 0 Å². The second kappa shape index (κ2) is 6.46. The minimum absolute atomic E-state index is 0.780. The second-order valence-electron chi connectivity index (χ2n) is 6.13. The van der Waals surface area contributed by atoms with Crippen LogP contribution in [0.3, 0.4) is 0 Å². The molecule has 1 unspecified atom stereocenters. The number of rotatable bonds is 3. The molecule has 1 aromatic carbocycles. The molecule has 2 aliphatic rings. The molecule has 3 nitrogen and oxygen atoms in total. The van der Waals surface area contributed by atoms with Gasteiger partial charge in [0, 0.05) is 35.8 Å². The summed E-state index contributed by atoms with van der Waals surface area (Å²) < 4.78 is 1.14. The van der Waals surface area contributed by atoms with Crippen LogP contribution in [0.4, 0.5) is 5.69 Å². The van der Waals surface area contributed by atoms with Crippen molar-refractivity contribution in [3.8, 4) is 0 Å². The molecule has 0 saturated carbocycles. The highest BCUT2D eigenvalue weighted by Gasteiger charge is 2.28. The van der Waals surface area contributed by atoms with E-state index in [2.05, 4.69) is 31.8 Å². The molecule has 0 radical (unpaired) electrons. The first-order valence-corrected chi connectivity index (χ1v) is 8.52. The third-order valence-corrected chi connectivity index (χ3v) is 5.36. The highest BCUT2D eigenvalue weighted by Crippen LogP contribution is 2.25. The van der Waals surface area contributed by atoms with Crippen molar-refractivity contribution >= 4 is 21.6 Å². The molecule has 0 bridgehead atoms. The highest BCUT2D eigenvalue weighted by atomic mass is 79.9. The van der Waals surface area contributed by atoms with Crippen molar-refractivity contribution in [3.05, 3.63) is 28.2 Å². The molecule has 2 N–H and O–H groups in total. The van der Waals surface area contributed by atoms with Gasteiger partial charge < -0.3 is 5.73 Å². The van der Waals surface area contributed by atoms with Crippen molar-refractivity contribution in [2.75, 3.05) is 31.9 Å². The molecule has 2 saturated heterocycles. The molecule has 1 aromatic rings. The number of nitrogens with zero attached hydrogens (tertiary/aromatic N) is 2. The molecule has 2 aliphatic heterocycles. The first kappa shape index (κ1) is 14.4. The predicted molar refractivity (Wildman–Crippen MR) is 87.7 cm³/mol. The fraction of sp³-hybridized carbons (Fsp3) is 0.625. The number of nitrogen functional groups attached to an aromatic ring is 1. The summed E-state index contributed by atoms with van der Waals surface area (Å²) in [7, 11) is 0. The van der Waals surface area contributed by atoms with Crippen LogP contribution in [0.5, 0.6) is 0 Å². The summed E-state index contributed by atoms with van der Waals surface area (Å²) in [6, 6.07) is 6.93. The van der Waals surface area contributed by atoms with Crippen LogP contribution in [-0.4, -0.2) is 42.0 Å². The summed E-state index contributed by atoms with van der Waals surface area (Å²) in [6.45, 7) is 6.09. The molecule has 2 fully saturated rings. The number of halogens is 1. The van der Waals surface area contributed by atoms with Crippen LogP contribution in [0.25, 0.3) is 0 Å². The zero-order valence-corrected chi connectivity index (χ0v) is 13.6. The van der Waals surface area contributed by atoms with E-state index in [4.69, 9.17) is 5.73 Å². The Morgan fingerprint density at radius 1 is 1.15 bits per heavy atom.